The molecule has 0 atom stereocenters. The number of nitrogens with one attached hydrogen (secondary N) is 2. The van der Waals surface area contributed by atoms with Crippen LogP contribution in [-0.2, 0) is 4.79 Å². The van der Waals surface area contributed by atoms with Gasteiger partial charge in [-0.25, -0.2) is 0 Å². The molecule has 0 aromatic heterocycles. The number of piperidine rings is 1. The molecule has 22 heavy (non-hydrogen) atoms. The van der Waals surface area contributed by atoms with E-state index < -0.39 is 11.8 Å². The zero-order valence-corrected chi connectivity index (χ0v) is 11.5. The molecule has 1 aromatic carbocycles. The fourth-order valence-electron chi connectivity index (χ4n) is 2.98. The van der Waals surface area contributed by atoms with Crippen molar-refractivity contribution in [3.05, 3.63) is 23.8 Å². The summed E-state index contributed by atoms with van der Waals surface area (Å²) in [7, 11) is 0. The van der Waals surface area contributed by atoms with Crippen LogP contribution >= 0.6 is 0 Å². The number of nitrogens with zero attached hydrogens (tertiary/aromatic N) is 1. The van der Waals surface area contributed by atoms with Gasteiger partial charge < -0.3 is 20.1 Å². The average molecular weight is 309 g/mol. The summed E-state index contributed by atoms with van der Waals surface area (Å²) in [6.07, 6.45) is -2.55. The molecule has 3 aliphatic rings. The van der Waals surface area contributed by atoms with Crippen LogP contribution in [-0.4, -0.2) is 36.7 Å². The van der Waals surface area contributed by atoms with Crippen LogP contribution in [0.5, 0.6) is 11.5 Å². The Morgan fingerprint density at radius 1 is 1.18 bits per heavy atom. The molecule has 8 heteroatoms. The molecule has 1 aromatic rings. The van der Waals surface area contributed by atoms with Crippen molar-refractivity contribution in [2.75, 3.05) is 13.1 Å². The predicted octanol–water partition coefficient (Wildman–Crippen LogP) is 1.01. The molecular formula is C14H13F2N3O3. The summed E-state index contributed by atoms with van der Waals surface area (Å²) in [5.41, 5.74) is -0.510. The number of para-hydroxylation sites is 1. The highest BCUT2D eigenvalue weighted by atomic mass is 19.3. The van der Waals surface area contributed by atoms with Crippen molar-refractivity contribution in [2.45, 2.75) is 24.7 Å². The summed E-state index contributed by atoms with van der Waals surface area (Å²) >= 11 is 0. The van der Waals surface area contributed by atoms with E-state index in [1.807, 2.05) is 0 Å². The first-order chi connectivity index (χ1) is 10.5. The normalized spacial score (nSPS) is 24.3. The number of aliphatic imine (C=N–C) groups is 1. The molecule has 0 unspecified atom stereocenters. The third kappa shape index (κ3) is 1.94. The average Bonchev–Trinajstić information content (AvgIpc) is 2.95. The van der Waals surface area contributed by atoms with Gasteiger partial charge in [0.2, 0.25) is 0 Å². The molecule has 2 N–H and O–H groups in total. The first-order valence-electron chi connectivity index (χ1n) is 7.00. The third-order valence-electron chi connectivity index (χ3n) is 4.09. The van der Waals surface area contributed by atoms with E-state index in [4.69, 9.17) is 0 Å². The predicted molar refractivity (Wildman–Crippen MR) is 72.2 cm³/mol. The number of benzene rings is 1. The summed E-state index contributed by atoms with van der Waals surface area (Å²) in [5, 5.41) is 5.86. The van der Waals surface area contributed by atoms with Crippen LogP contribution in [0, 0.1) is 0 Å². The van der Waals surface area contributed by atoms with Gasteiger partial charge in [-0.3, -0.25) is 9.79 Å². The number of amides is 1. The maximum atomic E-state index is 13.2. The Labute approximate surface area is 124 Å². The van der Waals surface area contributed by atoms with Crippen molar-refractivity contribution < 1.29 is 23.0 Å². The van der Waals surface area contributed by atoms with Gasteiger partial charge in [0, 0.05) is 0 Å². The van der Waals surface area contributed by atoms with E-state index in [2.05, 4.69) is 25.1 Å². The van der Waals surface area contributed by atoms with Crippen molar-refractivity contribution in [1.29, 1.82) is 0 Å². The minimum absolute atomic E-state index is 0.0642. The lowest BCUT2D eigenvalue weighted by molar-refractivity contribution is -0.286. The number of ether oxygens (including phenoxy) is 2. The molecule has 4 rings (SSSR count). The van der Waals surface area contributed by atoms with Gasteiger partial charge in [-0.2, -0.15) is 0 Å². The zero-order valence-electron chi connectivity index (χ0n) is 11.5. The van der Waals surface area contributed by atoms with E-state index in [0.29, 0.717) is 31.5 Å². The Kier molecular flexibility index (Phi) is 2.68. The Bertz CT molecular complexity index is 684. The molecule has 0 radical (unpaired) electrons. The standard InChI is InChI=1S/C14H13F2N3O3/c15-14(16)21-9-3-1-2-8(10(9)22-14)11-18-12(20)13(19-11)4-6-17-7-5-13/h1-3,17H,4-7H2,(H,18,19,20). The Morgan fingerprint density at radius 3 is 2.73 bits per heavy atom. The summed E-state index contributed by atoms with van der Waals surface area (Å²) in [5.74, 6) is -0.111. The second kappa shape index (κ2) is 4.39. The largest absolute Gasteiger partial charge is 0.586 e. The second-order valence-electron chi connectivity index (χ2n) is 5.50. The van der Waals surface area contributed by atoms with Crippen molar-refractivity contribution in [2.24, 2.45) is 4.99 Å². The molecule has 6 nitrogen and oxygen atoms in total. The first kappa shape index (κ1) is 13.4. The van der Waals surface area contributed by atoms with Crippen LogP contribution in [0.2, 0.25) is 0 Å². The maximum absolute atomic E-state index is 13.2. The minimum Gasteiger partial charge on any atom is -0.395 e. The highest BCUT2D eigenvalue weighted by molar-refractivity contribution is 6.16. The Hall–Kier alpha value is -2.22. The minimum atomic E-state index is -3.70. The number of carbonyl (C=O) groups excluding carboxylic acids is 1. The van der Waals surface area contributed by atoms with Crippen molar-refractivity contribution in [3.63, 3.8) is 0 Å². The number of amidine groups is 1. The zero-order chi connectivity index (χ0) is 15.4. The topological polar surface area (TPSA) is 72.0 Å². The summed E-state index contributed by atoms with van der Waals surface area (Å²) < 4.78 is 35.5. The van der Waals surface area contributed by atoms with E-state index >= 15 is 0 Å². The monoisotopic (exact) mass is 309 g/mol. The van der Waals surface area contributed by atoms with E-state index in [-0.39, 0.29) is 23.2 Å². The molecule has 0 bridgehead atoms. The van der Waals surface area contributed by atoms with E-state index in [0.717, 1.165) is 0 Å². The lowest BCUT2D eigenvalue weighted by atomic mass is 9.89. The van der Waals surface area contributed by atoms with Crippen molar-refractivity contribution in [3.8, 4) is 11.5 Å². The van der Waals surface area contributed by atoms with Crippen molar-refractivity contribution >= 4 is 11.7 Å². The van der Waals surface area contributed by atoms with Gasteiger partial charge in [0.25, 0.3) is 5.91 Å². The van der Waals surface area contributed by atoms with Gasteiger partial charge in [-0.1, -0.05) is 6.07 Å². The van der Waals surface area contributed by atoms with Crippen LogP contribution in [0.4, 0.5) is 8.78 Å². The van der Waals surface area contributed by atoms with Gasteiger partial charge in [0.15, 0.2) is 11.5 Å². The molecule has 1 fully saturated rings. The third-order valence-corrected chi connectivity index (χ3v) is 4.09. The van der Waals surface area contributed by atoms with E-state index in [9.17, 15) is 13.6 Å². The van der Waals surface area contributed by atoms with Crippen LogP contribution in [0.15, 0.2) is 23.2 Å². The number of alkyl halides is 2. The Balaban J connectivity index is 1.74. The first-order valence-corrected chi connectivity index (χ1v) is 7.00. The van der Waals surface area contributed by atoms with E-state index in [1.54, 1.807) is 12.1 Å². The lowest BCUT2D eigenvalue weighted by Gasteiger charge is -2.28. The number of halogens is 2. The fourth-order valence-corrected chi connectivity index (χ4v) is 2.98. The van der Waals surface area contributed by atoms with Crippen LogP contribution < -0.4 is 20.1 Å². The molecule has 0 saturated carbocycles. The number of hydrogen-bond donors (Lipinski definition) is 2. The maximum Gasteiger partial charge on any atom is 0.586 e. The van der Waals surface area contributed by atoms with Gasteiger partial charge in [0.1, 0.15) is 11.4 Å². The van der Waals surface area contributed by atoms with Gasteiger partial charge >= 0.3 is 6.29 Å². The molecule has 1 amide bonds. The van der Waals surface area contributed by atoms with Gasteiger partial charge in [0.05, 0.1) is 5.56 Å². The lowest BCUT2D eigenvalue weighted by Crippen LogP contribution is -2.47. The van der Waals surface area contributed by atoms with Crippen LogP contribution in [0.1, 0.15) is 18.4 Å². The highest BCUT2D eigenvalue weighted by Gasteiger charge is 2.48. The quantitative estimate of drug-likeness (QED) is 0.812. The number of fused-ring (bicyclic) bond motifs is 1. The molecule has 1 spiro atoms. The van der Waals surface area contributed by atoms with Crippen LogP contribution in [0.3, 0.4) is 0 Å². The van der Waals surface area contributed by atoms with Gasteiger partial charge in [-0.15, -0.1) is 8.78 Å². The van der Waals surface area contributed by atoms with Gasteiger partial charge in [-0.05, 0) is 38.1 Å². The summed E-state index contributed by atoms with van der Waals surface area (Å²) in [6, 6.07) is 4.52. The van der Waals surface area contributed by atoms with E-state index in [1.165, 1.54) is 6.07 Å². The number of rotatable bonds is 1. The van der Waals surface area contributed by atoms with Crippen LogP contribution in [0.25, 0.3) is 0 Å². The molecule has 116 valence electrons. The molecule has 3 heterocycles. The highest BCUT2D eigenvalue weighted by Crippen LogP contribution is 2.44. The number of carbonyl (C=O) groups is 1. The van der Waals surface area contributed by atoms with Crippen molar-refractivity contribution in [1.82, 2.24) is 10.6 Å². The fraction of sp³-hybridized carbons (Fsp3) is 0.429. The Morgan fingerprint density at radius 2 is 1.95 bits per heavy atom. The molecule has 1 saturated heterocycles. The summed E-state index contributed by atoms with van der Waals surface area (Å²) in [6.45, 7) is 1.38. The molecule has 3 aliphatic heterocycles. The number of hydrogen-bond acceptors (Lipinski definition) is 5. The SMILES string of the molecule is O=C1NC(c2cccc3c2OC(F)(F)O3)=NC12CCNCC2. The smallest absolute Gasteiger partial charge is 0.395 e. The molecular weight excluding hydrogens is 296 g/mol. The summed E-state index contributed by atoms with van der Waals surface area (Å²) in [4.78, 5) is 16.8. The second-order valence-corrected chi connectivity index (χ2v) is 5.50. The molecule has 0 aliphatic carbocycles.